The van der Waals surface area contributed by atoms with E-state index in [-0.39, 0.29) is 12.0 Å². The number of aromatic nitrogens is 2. The maximum Gasteiger partial charge on any atom is 0.130 e. The summed E-state index contributed by atoms with van der Waals surface area (Å²) < 4.78 is 11.7. The molecule has 0 N–H and O–H groups in total. The van der Waals surface area contributed by atoms with Crippen molar-refractivity contribution in [2.24, 2.45) is 0 Å². The lowest BCUT2D eigenvalue weighted by Gasteiger charge is -2.30. The second kappa shape index (κ2) is 13.6. The Hall–Kier alpha value is -8.34. The van der Waals surface area contributed by atoms with Crippen molar-refractivity contribution in [1.29, 1.82) is 0 Å². The van der Waals surface area contributed by atoms with Crippen molar-refractivity contribution in [3.05, 3.63) is 236 Å². The van der Waals surface area contributed by atoms with E-state index < -0.39 is 0 Å². The van der Waals surface area contributed by atoms with E-state index >= 15 is 0 Å². The van der Waals surface area contributed by atoms with Gasteiger partial charge >= 0.3 is 0 Å². The fourth-order valence-corrected chi connectivity index (χ4v) is 10.9. The van der Waals surface area contributed by atoms with E-state index in [1.54, 1.807) is 0 Å². The molecule has 4 heteroatoms. The molecule has 4 heterocycles. The van der Waals surface area contributed by atoms with Gasteiger partial charge in [-0.1, -0.05) is 140 Å². The van der Waals surface area contributed by atoms with Gasteiger partial charge in [0.1, 0.15) is 11.9 Å². The Morgan fingerprint density at radius 1 is 0.422 bits per heavy atom. The molecule has 0 saturated heterocycles. The zero-order valence-electron chi connectivity index (χ0n) is 34.8. The Balaban J connectivity index is 0.824. The average molecular weight is 818 g/mol. The summed E-state index contributed by atoms with van der Waals surface area (Å²) in [6.07, 6.45) is 6.79. The molecular weight excluding hydrogens is 779 g/mol. The highest BCUT2D eigenvalue weighted by atomic mass is 16.5. The number of hydrogen-bond acceptors (Lipinski definition) is 2. The highest BCUT2D eigenvalue weighted by molar-refractivity contribution is 6.23. The highest BCUT2D eigenvalue weighted by Gasteiger charge is 2.35. The number of para-hydroxylation sites is 4. The van der Waals surface area contributed by atoms with E-state index in [9.17, 15) is 0 Å². The Morgan fingerprint density at radius 2 is 0.969 bits per heavy atom. The number of anilines is 2. The van der Waals surface area contributed by atoms with Gasteiger partial charge in [-0.2, -0.15) is 0 Å². The number of benzene rings is 9. The van der Waals surface area contributed by atoms with E-state index in [1.165, 1.54) is 82.2 Å². The maximum atomic E-state index is 6.92. The summed E-state index contributed by atoms with van der Waals surface area (Å²) >= 11 is 0. The minimum Gasteiger partial charge on any atom is -0.485 e. The van der Waals surface area contributed by atoms with Gasteiger partial charge in [0, 0.05) is 66.6 Å². The Bertz CT molecular complexity index is 3820. The number of rotatable bonds is 6. The van der Waals surface area contributed by atoms with Crippen LogP contribution in [0.4, 0.5) is 11.4 Å². The Kier molecular flexibility index (Phi) is 7.48. The van der Waals surface area contributed by atoms with Crippen LogP contribution >= 0.6 is 0 Å². The van der Waals surface area contributed by atoms with Crippen LogP contribution in [0.1, 0.15) is 11.5 Å². The number of nitrogens with zero attached hydrogens (tertiary/aromatic N) is 3. The van der Waals surface area contributed by atoms with E-state index in [0.29, 0.717) is 0 Å². The van der Waals surface area contributed by atoms with Gasteiger partial charge < -0.3 is 18.6 Å². The molecule has 3 aromatic heterocycles. The first kappa shape index (κ1) is 35.3. The molecule has 9 aromatic carbocycles. The highest BCUT2D eigenvalue weighted by Crippen LogP contribution is 2.47. The van der Waals surface area contributed by atoms with Crippen LogP contribution in [0.2, 0.25) is 0 Å². The molecule has 2 unspecified atom stereocenters. The lowest BCUT2D eigenvalue weighted by Crippen LogP contribution is -2.24. The molecule has 0 amide bonds. The summed E-state index contributed by atoms with van der Waals surface area (Å²) in [6, 6.07) is 75.0. The third kappa shape index (κ3) is 5.17. The Labute approximate surface area is 369 Å². The van der Waals surface area contributed by atoms with Crippen LogP contribution in [0.25, 0.3) is 87.8 Å². The van der Waals surface area contributed by atoms with Gasteiger partial charge in [-0.05, 0) is 107 Å². The molecule has 4 nitrogen and oxygen atoms in total. The van der Waals surface area contributed by atoms with Crippen molar-refractivity contribution in [3.63, 3.8) is 0 Å². The van der Waals surface area contributed by atoms with E-state index in [2.05, 4.69) is 238 Å². The minimum absolute atomic E-state index is 0.129. The normalized spacial score (nSPS) is 15.7. The number of hydrogen-bond donors (Lipinski definition) is 0. The quantitative estimate of drug-likeness (QED) is 0.167. The third-order valence-corrected chi connectivity index (χ3v) is 13.8. The van der Waals surface area contributed by atoms with Crippen LogP contribution in [0, 0.1) is 0 Å². The van der Waals surface area contributed by atoms with E-state index in [4.69, 9.17) is 4.74 Å². The fourth-order valence-electron chi connectivity index (χ4n) is 10.9. The molecule has 0 saturated carbocycles. The van der Waals surface area contributed by atoms with E-state index in [0.717, 1.165) is 34.1 Å². The van der Waals surface area contributed by atoms with Crippen molar-refractivity contribution >= 4 is 71.3 Å². The van der Waals surface area contributed by atoms with Crippen molar-refractivity contribution < 1.29 is 4.74 Å². The van der Waals surface area contributed by atoms with Crippen LogP contribution in [0.15, 0.2) is 230 Å². The molecule has 0 radical (unpaired) electrons. The number of ether oxygens (including phenoxy) is 1. The van der Waals surface area contributed by atoms with Crippen LogP contribution in [-0.2, 0) is 0 Å². The first-order valence-corrected chi connectivity index (χ1v) is 22.2. The summed E-state index contributed by atoms with van der Waals surface area (Å²) in [5.74, 6) is 1.08. The molecule has 1 aliphatic carbocycles. The first-order chi connectivity index (χ1) is 31.7. The minimum atomic E-state index is -0.134. The monoisotopic (exact) mass is 817 g/mol. The second-order valence-electron chi connectivity index (χ2n) is 17.2. The Morgan fingerprint density at radius 3 is 1.70 bits per heavy atom. The summed E-state index contributed by atoms with van der Waals surface area (Å²) in [5.41, 5.74) is 16.5. The summed E-state index contributed by atoms with van der Waals surface area (Å²) in [6.45, 7) is 0. The molecule has 12 aromatic rings. The molecule has 0 spiro atoms. The van der Waals surface area contributed by atoms with Crippen LogP contribution in [-0.4, -0.2) is 15.1 Å². The zero-order valence-corrected chi connectivity index (χ0v) is 34.8. The van der Waals surface area contributed by atoms with Crippen LogP contribution in [0.3, 0.4) is 0 Å². The lowest BCUT2D eigenvalue weighted by molar-refractivity contribution is 0.268. The molecule has 64 heavy (non-hydrogen) atoms. The molecule has 14 rings (SSSR count). The van der Waals surface area contributed by atoms with Gasteiger partial charge in [-0.25, -0.2) is 0 Å². The van der Waals surface area contributed by atoms with Crippen molar-refractivity contribution in [2.45, 2.75) is 12.0 Å². The van der Waals surface area contributed by atoms with Gasteiger partial charge in [0.15, 0.2) is 0 Å². The lowest BCUT2D eigenvalue weighted by atomic mass is 9.89. The van der Waals surface area contributed by atoms with Gasteiger partial charge in [0.05, 0.1) is 27.6 Å². The first-order valence-electron chi connectivity index (χ1n) is 22.2. The van der Waals surface area contributed by atoms with Gasteiger partial charge in [0.25, 0.3) is 0 Å². The molecule has 300 valence electrons. The molecule has 0 bridgehead atoms. The van der Waals surface area contributed by atoms with Crippen molar-refractivity contribution in [3.8, 4) is 33.7 Å². The second-order valence-corrected chi connectivity index (χ2v) is 17.2. The van der Waals surface area contributed by atoms with Crippen molar-refractivity contribution in [2.75, 3.05) is 4.90 Å². The fraction of sp³-hybridized carbons (Fsp3) is 0.0333. The zero-order chi connectivity index (χ0) is 41.9. The number of fused-ring (bicyclic) bond motifs is 12. The maximum absolute atomic E-state index is 6.92. The summed E-state index contributed by atoms with van der Waals surface area (Å²) in [7, 11) is 0. The smallest absolute Gasteiger partial charge is 0.130 e. The standard InChI is InChI=1S/C60H39N3O/c1-2-11-38(12-3-1)39-21-25-42(26-22-39)61(43-27-29-44(30-28-43)62-54-18-7-4-13-46(54)47-14-5-8-19-55(47)62)45-31-33-50-49-32-23-41(36-58(49)64-59(50)37-45)40-24-34-57-53(35-40)52-17-10-16-51-48-15-6-9-20-56(48)63(57)60(51)52/h1-37,50,59H. The molecule has 2 aliphatic rings. The number of allylic oxidation sites excluding steroid dienone is 1. The van der Waals surface area contributed by atoms with Gasteiger partial charge in [-0.3, -0.25) is 0 Å². The van der Waals surface area contributed by atoms with Gasteiger partial charge in [0.2, 0.25) is 0 Å². The van der Waals surface area contributed by atoms with E-state index in [1.807, 2.05) is 0 Å². The molecule has 0 fully saturated rings. The third-order valence-electron chi connectivity index (χ3n) is 13.8. The SMILES string of the molecule is C1=CC2c3ccc(-c4ccc5c(c4)c4cccc6c7ccccc7n5c64)cc3OC2C=C1N(c1ccc(-c2ccccc2)cc1)c1ccc(-n2c3ccccc3c3ccccc32)cc1. The summed E-state index contributed by atoms with van der Waals surface area (Å²) in [4.78, 5) is 2.36. The van der Waals surface area contributed by atoms with Crippen LogP contribution in [0.5, 0.6) is 5.75 Å². The topological polar surface area (TPSA) is 21.8 Å². The van der Waals surface area contributed by atoms with Crippen LogP contribution < -0.4 is 9.64 Å². The van der Waals surface area contributed by atoms with Crippen molar-refractivity contribution in [1.82, 2.24) is 8.97 Å². The largest absolute Gasteiger partial charge is 0.485 e. The molecule has 1 aliphatic heterocycles. The predicted octanol–water partition coefficient (Wildman–Crippen LogP) is 15.4. The van der Waals surface area contributed by atoms with Gasteiger partial charge in [-0.15, -0.1) is 0 Å². The predicted molar refractivity (Wildman–Crippen MR) is 266 cm³/mol. The summed E-state index contributed by atoms with van der Waals surface area (Å²) in [5, 5.41) is 7.68. The molecular formula is C60H39N3O. The average Bonchev–Trinajstić information content (AvgIpc) is 4.10. The molecule has 2 atom stereocenters.